The average Bonchev–Trinajstić information content (AvgIpc) is 2.66. The smallest absolute Gasteiger partial charge is 0.332 e. The van der Waals surface area contributed by atoms with Crippen LogP contribution in [0.2, 0.25) is 0 Å². The van der Waals surface area contributed by atoms with Crippen LogP contribution in [-0.2, 0) is 23.9 Å². The third-order valence-corrected chi connectivity index (χ3v) is 5.09. The molecule has 7 nitrogen and oxygen atoms in total. The Morgan fingerprint density at radius 2 is 1.83 bits per heavy atom. The molecular formula is C19H20Cl3FN2O5. The molecule has 0 aliphatic carbocycles. The SMILES string of the molecule is CCNC(=O)C1(C(=O)OCC(Cl)(Cl)Cl)C(=O)N(CC)C(=O)CC1c1ccc(F)cc1. The van der Waals surface area contributed by atoms with Crippen molar-refractivity contribution in [2.75, 3.05) is 19.7 Å². The molecule has 0 aromatic heterocycles. The molecule has 2 unspecified atom stereocenters. The van der Waals surface area contributed by atoms with Crippen LogP contribution in [0.15, 0.2) is 24.3 Å². The van der Waals surface area contributed by atoms with Gasteiger partial charge in [-0.1, -0.05) is 46.9 Å². The number of amides is 3. The second kappa shape index (κ2) is 9.49. The molecule has 1 aliphatic rings. The van der Waals surface area contributed by atoms with E-state index in [9.17, 15) is 23.6 Å². The van der Waals surface area contributed by atoms with E-state index in [0.29, 0.717) is 0 Å². The number of carbonyl (C=O) groups is 4. The predicted octanol–water partition coefficient (Wildman–Crippen LogP) is 2.72. The molecule has 3 amide bonds. The number of imide groups is 1. The number of benzene rings is 1. The van der Waals surface area contributed by atoms with Gasteiger partial charge in [0.25, 0.3) is 5.91 Å². The second-order valence-corrected chi connectivity index (χ2v) is 9.13. The van der Waals surface area contributed by atoms with Crippen LogP contribution in [0.5, 0.6) is 0 Å². The zero-order valence-corrected chi connectivity index (χ0v) is 18.5. The van der Waals surface area contributed by atoms with Gasteiger partial charge in [-0.05, 0) is 31.5 Å². The van der Waals surface area contributed by atoms with Gasteiger partial charge in [0.15, 0.2) is 0 Å². The minimum atomic E-state index is -2.45. The quantitative estimate of drug-likeness (QED) is 0.292. The molecule has 0 saturated carbocycles. The zero-order chi connectivity index (χ0) is 22.7. The predicted molar refractivity (Wildman–Crippen MR) is 109 cm³/mol. The summed E-state index contributed by atoms with van der Waals surface area (Å²) in [5.41, 5.74) is -2.21. The van der Waals surface area contributed by atoms with Crippen molar-refractivity contribution in [1.29, 1.82) is 0 Å². The van der Waals surface area contributed by atoms with E-state index in [1.807, 2.05) is 0 Å². The van der Waals surface area contributed by atoms with Crippen LogP contribution in [0.4, 0.5) is 4.39 Å². The lowest BCUT2D eigenvalue weighted by atomic mass is 9.66. The lowest BCUT2D eigenvalue weighted by Gasteiger charge is -2.42. The van der Waals surface area contributed by atoms with Gasteiger partial charge >= 0.3 is 5.97 Å². The van der Waals surface area contributed by atoms with E-state index < -0.39 is 51.2 Å². The fourth-order valence-electron chi connectivity index (χ4n) is 3.43. The molecule has 0 bridgehead atoms. The fraction of sp³-hybridized carbons (Fsp3) is 0.474. The molecule has 0 spiro atoms. The molecule has 1 saturated heterocycles. The molecule has 1 aromatic carbocycles. The van der Waals surface area contributed by atoms with E-state index in [0.717, 1.165) is 17.0 Å². The third kappa shape index (κ3) is 4.71. The number of rotatable bonds is 6. The van der Waals surface area contributed by atoms with Crippen LogP contribution < -0.4 is 5.32 Å². The first-order valence-corrected chi connectivity index (χ1v) is 10.2. The number of halogens is 4. The summed E-state index contributed by atoms with van der Waals surface area (Å²) in [5.74, 6) is -5.64. The van der Waals surface area contributed by atoms with Crippen molar-refractivity contribution in [1.82, 2.24) is 10.2 Å². The number of piperidine rings is 1. The number of likely N-dealkylation sites (tertiary alicyclic amines) is 1. The molecule has 1 heterocycles. The summed E-state index contributed by atoms with van der Waals surface area (Å²) in [6.07, 6.45) is -0.356. The van der Waals surface area contributed by atoms with Crippen LogP contribution in [0.25, 0.3) is 0 Å². The molecule has 1 fully saturated rings. The second-order valence-electron chi connectivity index (χ2n) is 6.61. The number of nitrogens with zero attached hydrogens (tertiary/aromatic N) is 1. The molecule has 1 N–H and O–H groups in total. The van der Waals surface area contributed by atoms with Crippen molar-refractivity contribution < 1.29 is 28.3 Å². The zero-order valence-electron chi connectivity index (χ0n) is 16.2. The molecule has 2 rings (SSSR count). The van der Waals surface area contributed by atoms with Crippen molar-refractivity contribution in [3.8, 4) is 0 Å². The minimum absolute atomic E-state index is 0.0628. The van der Waals surface area contributed by atoms with E-state index in [1.165, 1.54) is 19.1 Å². The van der Waals surface area contributed by atoms with Crippen LogP contribution in [0.3, 0.4) is 0 Å². The highest BCUT2D eigenvalue weighted by Crippen LogP contribution is 2.46. The van der Waals surface area contributed by atoms with E-state index in [4.69, 9.17) is 39.5 Å². The highest BCUT2D eigenvalue weighted by molar-refractivity contribution is 6.67. The maximum Gasteiger partial charge on any atom is 0.332 e. The van der Waals surface area contributed by atoms with Crippen LogP contribution >= 0.6 is 34.8 Å². The molecule has 2 atom stereocenters. The van der Waals surface area contributed by atoms with Gasteiger partial charge in [-0.2, -0.15) is 0 Å². The summed E-state index contributed by atoms with van der Waals surface area (Å²) in [7, 11) is 0. The van der Waals surface area contributed by atoms with E-state index in [2.05, 4.69) is 5.32 Å². The third-order valence-electron chi connectivity index (χ3n) is 4.76. The van der Waals surface area contributed by atoms with Crippen molar-refractivity contribution in [2.24, 2.45) is 5.41 Å². The van der Waals surface area contributed by atoms with Gasteiger partial charge in [0.1, 0.15) is 12.4 Å². The van der Waals surface area contributed by atoms with Crippen molar-refractivity contribution in [3.63, 3.8) is 0 Å². The number of ether oxygens (including phenoxy) is 1. The Hall–Kier alpha value is -1.90. The molecule has 164 valence electrons. The first kappa shape index (κ1) is 24.4. The number of carbonyl (C=O) groups excluding carboxylic acids is 4. The molecule has 30 heavy (non-hydrogen) atoms. The van der Waals surface area contributed by atoms with Crippen molar-refractivity contribution in [2.45, 2.75) is 30.0 Å². The maximum atomic E-state index is 13.4. The highest BCUT2D eigenvalue weighted by atomic mass is 35.6. The van der Waals surface area contributed by atoms with Gasteiger partial charge in [-0.15, -0.1) is 0 Å². The van der Waals surface area contributed by atoms with E-state index in [-0.39, 0.29) is 25.1 Å². The van der Waals surface area contributed by atoms with Gasteiger partial charge in [-0.25, -0.2) is 4.39 Å². The molecule has 1 aromatic rings. The van der Waals surface area contributed by atoms with Crippen molar-refractivity contribution in [3.05, 3.63) is 35.6 Å². The summed E-state index contributed by atoms with van der Waals surface area (Å²) in [6.45, 7) is 2.44. The Labute approximate surface area is 187 Å². The van der Waals surface area contributed by atoms with Crippen LogP contribution in [0, 0.1) is 11.2 Å². The number of hydrogen-bond donors (Lipinski definition) is 1. The summed E-state index contributed by atoms with van der Waals surface area (Å²) in [5, 5.41) is 2.46. The molecule has 1 aliphatic heterocycles. The van der Waals surface area contributed by atoms with Gasteiger partial charge in [0.2, 0.25) is 21.0 Å². The van der Waals surface area contributed by atoms with E-state index >= 15 is 0 Å². The number of hydrogen-bond acceptors (Lipinski definition) is 5. The number of esters is 1. The van der Waals surface area contributed by atoms with Crippen LogP contribution in [-0.4, -0.2) is 52.1 Å². The van der Waals surface area contributed by atoms with Crippen LogP contribution in [0.1, 0.15) is 31.7 Å². The number of alkyl halides is 3. The lowest BCUT2D eigenvalue weighted by molar-refractivity contribution is -0.177. The topological polar surface area (TPSA) is 92.8 Å². The Morgan fingerprint density at radius 3 is 2.33 bits per heavy atom. The van der Waals surface area contributed by atoms with Gasteiger partial charge < -0.3 is 10.1 Å². The first-order valence-electron chi connectivity index (χ1n) is 9.11. The summed E-state index contributed by atoms with van der Waals surface area (Å²) >= 11 is 17.0. The highest BCUT2D eigenvalue weighted by Gasteiger charge is 2.65. The van der Waals surface area contributed by atoms with E-state index in [1.54, 1.807) is 6.92 Å². The Morgan fingerprint density at radius 1 is 1.23 bits per heavy atom. The lowest BCUT2D eigenvalue weighted by Crippen LogP contribution is -2.65. The Kier molecular flexibility index (Phi) is 7.71. The monoisotopic (exact) mass is 480 g/mol. The molecule has 11 heteroatoms. The van der Waals surface area contributed by atoms with Gasteiger partial charge in [0, 0.05) is 25.4 Å². The molecule has 0 radical (unpaired) electrons. The minimum Gasteiger partial charge on any atom is -0.460 e. The Bertz CT molecular complexity index is 844. The number of nitrogens with one attached hydrogen (secondary N) is 1. The average molecular weight is 482 g/mol. The normalized spacial score (nSPS) is 22.1. The fourth-order valence-corrected chi connectivity index (χ4v) is 3.60. The molecular weight excluding hydrogens is 462 g/mol. The van der Waals surface area contributed by atoms with Gasteiger partial charge in [-0.3, -0.25) is 24.1 Å². The maximum absolute atomic E-state index is 13.4. The largest absolute Gasteiger partial charge is 0.460 e. The summed E-state index contributed by atoms with van der Waals surface area (Å²) < 4.78 is 16.5. The first-order chi connectivity index (χ1) is 14.0. The Balaban J connectivity index is 2.69. The summed E-state index contributed by atoms with van der Waals surface area (Å²) in [4.78, 5) is 53.2. The standard InChI is InChI=1S/C19H20Cl3FN2O5/c1-3-24-15(27)19(17(29)30-10-18(20,21)22)13(11-5-7-12(23)8-6-11)9-14(26)25(4-2)16(19)28/h5-8,13H,3-4,9-10H2,1-2H3,(H,24,27). The van der Waals surface area contributed by atoms with Gasteiger partial charge in [0.05, 0.1) is 0 Å². The summed E-state index contributed by atoms with van der Waals surface area (Å²) in [6, 6.07) is 4.81. The van der Waals surface area contributed by atoms with Crippen molar-refractivity contribution >= 4 is 58.5 Å².